The van der Waals surface area contributed by atoms with Crippen molar-refractivity contribution in [1.29, 1.82) is 0 Å². The van der Waals surface area contributed by atoms with E-state index in [0.717, 1.165) is 42.5 Å². The van der Waals surface area contributed by atoms with E-state index in [-0.39, 0.29) is 22.6 Å². The first-order chi connectivity index (χ1) is 13.6. The molecular weight excluding hydrogens is 371 g/mol. The number of unbranched alkanes of at least 4 members (excludes halogenated alkanes) is 1. The molecule has 0 spiro atoms. The molecule has 0 radical (unpaired) electrons. The van der Waals surface area contributed by atoms with Crippen LogP contribution in [-0.4, -0.2) is 39.2 Å². The third-order valence-corrected chi connectivity index (χ3v) is 5.24. The fraction of sp³-hybridized carbons (Fsp3) is 0.545. The summed E-state index contributed by atoms with van der Waals surface area (Å²) in [6.45, 7) is 8.78. The van der Waals surface area contributed by atoms with Crippen LogP contribution in [0.2, 0.25) is 0 Å². The lowest BCUT2D eigenvalue weighted by Crippen LogP contribution is -2.45. The van der Waals surface area contributed by atoms with Crippen LogP contribution in [0.3, 0.4) is 0 Å². The summed E-state index contributed by atoms with van der Waals surface area (Å²) in [6, 6.07) is 8.38. The van der Waals surface area contributed by atoms with Crippen molar-refractivity contribution < 1.29 is 4.39 Å². The Morgan fingerprint density at radius 1 is 1.03 bits per heavy atom. The summed E-state index contributed by atoms with van der Waals surface area (Å²) in [7, 11) is 3.12. The minimum Gasteiger partial charge on any atom is -0.370 e. The number of nitrogens with zero attached hydrogens (tertiary/aromatic N) is 3. The second kappa shape index (κ2) is 9.87. The lowest BCUT2D eigenvalue weighted by molar-refractivity contribution is 0.140. The van der Waals surface area contributed by atoms with Crippen LogP contribution < -0.4 is 16.6 Å². The highest BCUT2D eigenvalue weighted by Crippen LogP contribution is 2.16. The SMILES string of the molecule is Cn1c(NCCN(CCCCc2ccccc2F)C(C)(C)C)cc(=O)n(C)c1=O. The summed E-state index contributed by atoms with van der Waals surface area (Å²) < 4.78 is 16.3. The highest BCUT2D eigenvalue weighted by Gasteiger charge is 2.20. The zero-order valence-electron chi connectivity index (χ0n) is 18.2. The Balaban J connectivity index is 1.89. The molecule has 0 atom stereocenters. The molecule has 0 fully saturated rings. The van der Waals surface area contributed by atoms with E-state index in [1.54, 1.807) is 13.1 Å². The molecule has 0 aliphatic heterocycles. The zero-order chi connectivity index (χ0) is 21.6. The number of rotatable bonds is 9. The van der Waals surface area contributed by atoms with Gasteiger partial charge in [-0.3, -0.25) is 18.8 Å². The van der Waals surface area contributed by atoms with Crippen molar-refractivity contribution in [3.63, 3.8) is 0 Å². The van der Waals surface area contributed by atoms with Gasteiger partial charge in [-0.05, 0) is 58.2 Å². The van der Waals surface area contributed by atoms with Gasteiger partial charge in [0.25, 0.3) is 5.56 Å². The van der Waals surface area contributed by atoms with Crippen molar-refractivity contribution in [2.75, 3.05) is 25.0 Å². The van der Waals surface area contributed by atoms with Gasteiger partial charge in [-0.2, -0.15) is 0 Å². The van der Waals surface area contributed by atoms with Crippen molar-refractivity contribution in [2.45, 2.75) is 45.6 Å². The maximum absolute atomic E-state index is 13.7. The van der Waals surface area contributed by atoms with Gasteiger partial charge in [-0.1, -0.05) is 18.2 Å². The Morgan fingerprint density at radius 3 is 2.38 bits per heavy atom. The van der Waals surface area contributed by atoms with Gasteiger partial charge in [0.1, 0.15) is 11.6 Å². The van der Waals surface area contributed by atoms with Crippen molar-refractivity contribution in [3.05, 3.63) is 62.6 Å². The van der Waals surface area contributed by atoms with Crippen LogP contribution in [0.1, 0.15) is 39.2 Å². The predicted octanol–water partition coefficient (Wildman–Crippen LogP) is 2.76. The van der Waals surface area contributed by atoms with Gasteiger partial charge in [-0.25, -0.2) is 9.18 Å². The number of anilines is 1. The van der Waals surface area contributed by atoms with Crippen LogP contribution in [0.15, 0.2) is 39.9 Å². The number of hydrogen-bond donors (Lipinski definition) is 1. The molecule has 0 aliphatic carbocycles. The van der Waals surface area contributed by atoms with Gasteiger partial charge in [0.05, 0.1) is 0 Å². The van der Waals surface area contributed by atoms with Crippen molar-refractivity contribution in [2.24, 2.45) is 14.1 Å². The number of nitrogens with one attached hydrogen (secondary N) is 1. The average molecular weight is 405 g/mol. The van der Waals surface area contributed by atoms with Crippen LogP contribution in [-0.2, 0) is 20.5 Å². The van der Waals surface area contributed by atoms with Gasteiger partial charge < -0.3 is 5.32 Å². The van der Waals surface area contributed by atoms with E-state index < -0.39 is 0 Å². The molecule has 0 aliphatic rings. The molecule has 0 bridgehead atoms. The first-order valence-corrected chi connectivity index (χ1v) is 10.1. The number of benzene rings is 1. The second-order valence-electron chi connectivity index (χ2n) is 8.40. The fourth-order valence-corrected chi connectivity index (χ4v) is 3.32. The zero-order valence-corrected chi connectivity index (χ0v) is 18.2. The molecule has 7 heteroatoms. The second-order valence-corrected chi connectivity index (χ2v) is 8.40. The number of halogens is 1. The summed E-state index contributed by atoms with van der Waals surface area (Å²) in [6.07, 6.45) is 2.62. The molecule has 6 nitrogen and oxygen atoms in total. The molecule has 29 heavy (non-hydrogen) atoms. The quantitative estimate of drug-likeness (QED) is 0.653. The minimum absolute atomic E-state index is 0.0155. The number of aryl methyl sites for hydroxylation is 1. The summed E-state index contributed by atoms with van der Waals surface area (Å²) in [4.78, 5) is 26.2. The fourth-order valence-electron chi connectivity index (χ4n) is 3.32. The average Bonchev–Trinajstić information content (AvgIpc) is 2.66. The molecule has 2 rings (SSSR count). The van der Waals surface area contributed by atoms with Gasteiger partial charge in [0.2, 0.25) is 0 Å². The van der Waals surface area contributed by atoms with Gasteiger partial charge in [0, 0.05) is 38.8 Å². The molecule has 1 aromatic heterocycles. The smallest absolute Gasteiger partial charge is 0.332 e. The molecular formula is C22H33FN4O2. The van der Waals surface area contributed by atoms with Crippen molar-refractivity contribution in [1.82, 2.24) is 14.0 Å². The van der Waals surface area contributed by atoms with Crippen LogP contribution in [0.4, 0.5) is 10.2 Å². The van der Waals surface area contributed by atoms with E-state index in [9.17, 15) is 14.0 Å². The van der Waals surface area contributed by atoms with E-state index in [1.807, 2.05) is 12.1 Å². The third-order valence-electron chi connectivity index (χ3n) is 5.24. The number of aromatic nitrogens is 2. The molecule has 1 aromatic carbocycles. The Labute approximate surface area is 172 Å². The normalized spacial score (nSPS) is 11.8. The Kier molecular flexibility index (Phi) is 7.79. The monoisotopic (exact) mass is 404 g/mol. The van der Waals surface area contributed by atoms with Crippen molar-refractivity contribution in [3.8, 4) is 0 Å². The minimum atomic E-state index is -0.346. The predicted molar refractivity (Wildman–Crippen MR) is 116 cm³/mol. The van der Waals surface area contributed by atoms with Gasteiger partial charge in [-0.15, -0.1) is 0 Å². The van der Waals surface area contributed by atoms with Crippen molar-refractivity contribution >= 4 is 5.82 Å². The van der Waals surface area contributed by atoms with Crippen LogP contribution in [0, 0.1) is 5.82 Å². The van der Waals surface area contributed by atoms with Crippen LogP contribution in [0.5, 0.6) is 0 Å². The third kappa shape index (κ3) is 6.29. The Morgan fingerprint density at radius 2 is 1.72 bits per heavy atom. The standard InChI is InChI=1S/C22H33FN4O2/c1-22(2,3)27(14-9-8-11-17-10-6-7-12-18(17)23)15-13-24-19-16-20(28)26(5)21(29)25(19)4/h6-7,10,12,16,24H,8-9,11,13-15H2,1-5H3. The molecule has 0 saturated carbocycles. The maximum Gasteiger partial charge on any atom is 0.332 e. The summed E-state index contributed by atoms with van der Waals surface area (Å²) in [5, 5.41) is 3.21. The van der Waals surface area contributed by atoms with Gasteiger partial charge in [0.15, 0.2) is 0 Å². The molecule has 0 unspecified atom stereocenters. The molecule has 160 valence electrons. The van der Waals surface area contributed by atoms with E-state index in [2.05, 4.69) is 31.0 Å². The number of hydrogen-bond acceptors (Lipinski definition) is 4. The van der Waals surface area contributed by atoms with E-state index >= 15 is 0 Å². The Hall–Kier alpha value is -2.41. The lowest BCUT2D eigenvalue weighted by Gasteiger charge is -2.36. The van der Waals surface area contributed by atoms with Crippen LogP contribution in [0.25, 0.3) is 0 Å². The van der Waals surface area contributed by atoms with E-state index in [0.29, 0.717) is 12.4 Å². The molecule has 0 amide bonds. The molecule has 1 N–H and O–H groups in total. The first-order valence-electron chi connectivity index (χ1n) is 10.1. The van der Waals surface area contributed by atoms with E-state index in [1.165, 1.54) is 23.7 Å². The molecule has 2 aromatic rings. The first kappa shape index (κ1) is 22.9. The maximum atomic E-state index is 13.7. The highest BCUT2D eigenvalue weighted by atomic mass is 19.1. The molecule has 0 saturated heterocycles. The topological polar surface area (TPSA) is 59.3 Å². The van der Waals surface area contributed by atoms with Crippen LogP contribution >= 0.6 is 0 Å². The summed E-state index contributed by atoms with van der Waals surface area (Å²) in [5.74, 6) is 0.385. The lowest BCUT2D eigenvalue weighted by atomic mass is 10.0. The Bertz CT molecular complexity index is 928. The summed E-state index contributed by atoms with van der Waals surface area (Å²) >= 11 is 0. The molecule has 1 heterocycles. The summed E-state index contributed by atoms with van der Waals surface area (Å²) in [5.41, 5.74) is 0.0820. The van der Waals surface area contributed by atoms with Gasteiger partial charge >= 0.3 is 5.69 Å². The van der Waals surface area contributed by atoms with E-state index in [4.69, 9.17) is 0 Å². The largest absolute Gasteiger partial charge is 0.370 e. The highest BCUT2D eigenvalue weighted by molar-refractivity contribution is 5.33.